The Hall–Kier alpha value is -2.80. The third-order valence-corrected chi connectivity index (χ3v) is 3.00. The van der Waals surface area contributed by atoms with Crippen LogP contribution in [0.15, 0.2) is 42.5 Å². The minimum atomic E-state index is -0.183. The fourth-order valence-electron chi connectivity index (χ4n) is 2.14. The van der Waals surface area contributed by atoms with E-state index in [2.05, 4.69) is 22.8 Å². The van der Waals surface area contributed by atoms with Gasteiger partial charge in [0.15, 0.2) is 0 Å². The summed E-state index contributed by atoms with van der Waals surface area (Å²) >= 11 is 0. The topological polar surface area (TPSA) is 64.9 Å². The van der Waals surface area contributed by atoms with E-state index in [1.807, 2.05) is 26.0 Å². The van der Waals surface area contributed by atoms with Gasteiger partial charge in [0.2, 0.25) is 5.91 Å². The molecule has 2 aromatic rings. The van der Waals surface area contributed by atoms with Crippen LogP contribution in [0, 0.1) is 25.2 Å². The lowest BCUT2D eigenvalue weighted by Crippen LogP contribution is -2.22. The largest absolute Gasteiger partial charge is 0.376 e. The van der Waals surface area contributed by atoms with Crippen LogP contribution in [0.25, 0.3) is 0 Å². The molecule has 4 heteroatoms. The first kappa shape index (κ1) is 14.6. The van der Waals surface area contributed by atoms with E-state index in [4.69, 9.17) is 5.26 Å². The first-order valence-electron chi connectivity index (χ1n) is 6.69. The zero-order valence-corrected chi connectivity index (χ0v) is 12.1. The molecule has 2 aromatic carbocycles. The van der Waals surface area contributed by atoms with Crippen molar-refractivity contribution in [2.45, 2.75) is 13.8 Å². The zero-order chi connectivity index (χ0) is 15.2. The normalized spacial score (nSPS) is 9.76. The number of aryl methyl sites for hydroxylation is 2. The molecule has 106 valence electrons. The monoisotopic (exact) mass is 279 g/mol. The van der Waals surface area contributed by atoms with Crippen molar-refractivity contribution >= 4 is 17.3 Å². The second-order valence-corrected chi connectivity index (χ2v) is 4.94. The van der Waals surface area contributed by atoms with Gasteiger partial charge < -0.3 is 10.6 Å². The number of carbonyl (C=O) groups is 1. The number of carbonyl (C=O) groups excluding carboxylic acids is 1. The number of benzene rings is 2. The summed E-state index contributed by atoms with van der Waals surface area (Å²) in [5.41, 5.74) is 4.20. The minimum absolute atomic E-state index is 0.155. The molecular weight excluding hydrogens is 262 g/mol. The molecule has 0 aromatic heterocycles. The maximum atomic E-state index is 11.9. The minimum Gasteiger partial charge on any atom is -0.376 e. The van der Waals surface area contributed by atoms with Crippen LogP contribution in [0.1, 0.15) is 16.7 Å². The Kier molecular flexibility index (Phi) is 4.57. The molecule has 21 heavy (non-hydrogen) atoms. The van der Waals surface area contributed by atoms with E-state index in [0.717, 1.165) is 16.8 Å². The molecule has 0 atom stereocenters. The molecule has 0 aliphatic rings. The van der Waals surface area contributed by atoms with E-state index in [1.54, 1.807) is 24.3 Å². The summed E-state index contributed by atoms with van der Waals surface area (Å²) in [5, 5.41) is 14.8. The lowest BCUT2D eigenvalue weighted by molar-refractivity contribution is -0.114. The molecule has 0 aliphatic heterocycles. The van der Waals surface area contributed by atoms with Gasteiger partial charge in [0, 0.05) is 5.69 Å². The van der Waals surface area contributed by atoms with Crippen molar-refractivity contribution in [3.05, 3.63) is 59.2 Å². The summed E-state index contributed by atoms with van der Waals surface area (Å²) in [5.74, 6) is -0.183. The Balaban J connectivity index is 1.98. The van der Waals surface area contributed by atoms with Crippen molar-refractivity contribution in [1.29, 1.82) is 5.26 Å². The number of anilines is 2. The van der Waals surface area contributed by atoms with Crippen LogP contribution in [0.4, 0.5) is 11.4 Å². The van der Waals surface area contributed by atoms with E-state index in [-0.39, 0.29) is 12.5 Å². The maximum absolute atomic E-state index is 11.9. The Labute approximate surface area is 124 Å². The van der Waals surface area contributed by atoms with Crippen LogP contribution in [0.5, 0.6) is 0 Å². The predicted octanol–water partition coefficient (Wildman–Crippen LogP) is 3.23. The summed E-state index contributed by atoms with van der Waals surface area (Å²) in [7, 11) is 0. The SMILES string of the molecule is Cc1cc(C)cc(NCC(=O)Nc2ccccc2C#N)c1. The van der Waals surface area contributed by atoms with Gasteiger partial charge in [-0.05, 0) is 49.2 Å². The standard InChI is InChI=1S/C17H17N3O/c1-12-7-13(2)9-15(8-12)19-11-17(21)20-16-6-4-3-5-14(16)10-18/h3-9,19H,11H2,1-2H3,(H,20,21). The first-order valence-corrected chi connectivity index (χ1v) is 6.69. The predicted molar refractivity (Wildman–Crippen MR) is 84.2 cm³/mol. The second kappa shape index (κ2) is 6.58. The molecule has 0 heterocycles. The quantitative estimate of drug-likeness (QED) is 0.903. The highest BCUT2D eigenvalue weighted by molar-refractivity contribution is 5.94. The Morgan fingerprint density at radius 2 is 1.81 bits per heavy atom. The Morgan fingerprint density at radius 1 is 1.14 bits per heavy atom. The average Bonchev–Trinajstić information content (AvgIpc) is 2.45. The maximum Gasteiger partial charge on any atom is 0.243 e. The molecule has 2 N–H and O–H groups in total. The fourth-order valence-corrected chi connectivity index (χ4v) is 2.14. The number of amides is 1. The smallest absolute Gasteiger partial charge is 0.243 e. The molecule has 0 saturated heterocycles. The van der Waals surface area contributed by atoms with Crippen LogP contribution in [0.2, 0.25) is 0 Å². The number of hydrogen-bond donors (Lipinski definition) is 2. The van der Waals surface area contributed by atoms with Crippen molar-refractivity contribution in [3.8, 4) is 6.07 Å². The summed E-state index contributed by atoms with van der Waals surface area (Å²) in [6.45, 7) is 4.19. The van der Waals surface area contributed by atoms with Gasteiger partial charge >= 0.3 is 0 Å². The zero-order valence-electron chi connectivity index (χ0n) is 12.1. The molecule has 1 amide bonds. The van der Waals surface area contributed by atoms with Crippen molar-refractivity contribution < 1.29 is 4.79 Å². The molecule has 0 fully saturated rings. The molecule has 0 aliphatic carbocycles. The lowest BCUT2D eigenvalue weighted by Gasteiger charge is -2.10. The van der Waals surface area contributed by atoms with Gasteiger partial charge in [0.1, 0.15) is 6.07 Å². The van der Waals surface area contributed by atoms with Crippen LogP contribution in [-0.2, 0) is 4.79 Å². The van der Waals surface area contributed by atoms with Gasteiger partial charge in [0.05, 0.1) is 17.8 Å². The summed E-state index contributed by atoms with van der Waals surface area (Å²) in [6.07, 6.45) is 0. The lowest BCUT2D eigenvalue weighted by atomic mass is 10.1. The van der Waals surface area contributed by atoms with Crippen molar-refractivity contribution in [2.24, 2.45) is 0 Å². The number of nitrogens with one attached hydrogen (secondary N) is 2. The number of hydrogen-bond acceptors (Lipinski definition) is 3. The highest BCUT2D eigenvalue weighted by Crippen LogP contribution is 2.15. The number of para-hydroxylation sites is 1. The molecule has 0 bridgehead atoms. The fraction of sp³-hybridized carbons (Fsp3) is 0.176. The number of rotatable bonds is 4. The third kappa shape index (κ3) is 4.08. The van der Waals surface area contributed by atoms with Crippen LogP contribution < -0.4 is 10.6 Å². The van der Waals surface area contributed by atoms with E-state index >= 15 is 0 Å². The Bertz CT molecular complexity index is 681. The van der Waals surface area contributed by atoms with Crippen LogP contribution >= 0.6 is 0 Å². The van der Waals surface area contributed by atoms with Crippen molar-refractivity contribution in [1.82, 2.24) is 0 Å². The first-order chi connectivity index (χ1) is 10.1. The highest BCUT2D eigenvalue weighted by atomic mass is 16.1. The third-order valence-electron chi connectivity index (χ3n) is 3.00. The molecule has 4 nitrogen and oxygen atoms in total. The summed E-state index contributed by atoms with van der Waals surface area (Å²) in [6, 6.07) is 15.1. The van der Waals surface area contributed by atoms with Gasteiger partial charge in [-0.15, -0.1) is 0 Å². The van der Waals surface area contributed by atoms with Crippen molar-refractivity contribution in [2.75, 3.05) is 17.2 Å². The summed E-state index contributed by atoms with van der Waals surface area (Å²) < 4.78 is 0. The van der Waals surface area contributed by atoms with E-state index < -0.39 is 0 Å². The highest BCUT2D eigenvalue weighted by Gasteiger charge is 2.06. The molecule has 0 spiro atoms. The molecular formula is C17H17N3O. The molecule has 0 radical (unpaired) electrons. The van der Waals surface area contributed by atoms with Crippen LogP contribution in [-0.4, -0.2) is 12.5 Å². The average molecular weight is 279 g/mol. The molecule has 2 rings (SSSR count). The van der Waals surface area contributed by atoms with Crippen molar-refractivity contribution in [3.63, 3.8) is 0 Å². The molecule has 0 saturated carbocycles. The van der Waals surface area contributed by atoms with Gasteiger partial charge in [0.25, 0.3) is 0 Å². The van der Waals surface area contributed by atoms with E-state index in [9.17, 15) is 4.79 Å². The van der Waals surface area contributed by atoms with E-state index in [0.29, 0.717) is 11.3 Å². The Morgan fingerprint density at radius 3 is 2.48 bits per heavy atom. The number of nitrogens with zero attached hydrogens (tertiary/aromatic N) is 1. The number of nitriles is 1. The van der Waals surface area contributed by atoms with Crippen LogP contribution in [0.3, 0.4) is 0 Å². The van der Waals surface area contributed by atoms with Gasteiger partial charge in [-0.25, -0.2) is 0 Å². The van der Waals surface area contributed by atoms with Gasteiger partial charge in [-0.2, -0.15) is 5.26 Å². The molecule has 0 unspecified atom stereocenters. The van der Waals surface area contributed by atoms with E-state index in [1.165, 1.54) is 0 Å². The second-order valence-electron chi connectivity index (χ2n) is 4.94. The van der Waals surface area contributed by atoms with Gasteiger partial charge in [-0.3, -0.25) is 4.79 Å². The van der Waals surface area contributed by atoms with Gasteiger partial charge in [-0.1, -0.05) is 18.2 Å². The summed E-state index contributed by atoms with van der Waals surface area (Å²) in [4.78, 5) is 11.9.